The Labute approximate surface area is 241 Å². The van der Waals surface area contributed by atoms with E-state index in [4.69, 9.17) is 34.5 Å². The van der Waals surface area contributed by atoms with Crippen LogP contribution in [-0.4, -0.2) is 83.3 Å². The fraction of sp³-hybridized carbons (Fsp3) is 0.500. The van der Waals surface area contributed by atoms with Gasteiger partial charge in [0.15, 0.2) is 17.4 Å². The number of hydrogen-bond donors (Lipinski definition) is 8. The van der Waals surface area contributed by atoms with E-state index in [2.05, 4.69) is 30.9 Å². The summed E-state index contributed by atoms with van der Waals surface area (Å²) in [6, 6.07) is 1.66. The third kappa shape index (κ3) is 5.97. The molecule has 0 aromatic carbocycles. The molecule has 6 rings (SSSR count). The summed E-state index contributed by atoms with van der Waals surface area (Å²) in [5.41, 5.74) is 17.7. The molecule has 3 aromatic rings. The first-order chi connectivity index (χ1) is 20.5. The van der Waals surface area contributed by atoms with Gasteiger partial charge in [0.1, 0.15) is 29.9 Å². The van der Waals surface area contributed by atoms with Crippen LogP contribution in [0.1, 0.15) is 19.1 Å². The number of nitrogens with one attached hydrogen (secondary N) is 3. The highest BCUT2D eigenvalue weighted by Crippen LogP contribution is 2.50. The molecule has 3 aromatic heterocycles. The van der Waals surface area contributed by atoms with E-state index in [1.54, 1.807) is 11.1 Å². The molecule has 6 heterocycles. The summed E-state index contributed by atoms with van der Waals surface area (Å²) in [5, 5.41) is 11.2. The standard InChI is InChI=1S/C20H28N10O11P2/c21-16-14-9(1-2-23-16)30(28-27-14)13-4-10(40-42(33)34)12(39-13)6-37-43(35,36)41-11-3-8(5-31)38-19(11)29-7-24-15-17(29)25-20(22)26-18(15)32/h1-2,7-8,10-13,19,27-28,31,42H,3-6H2,(H2,21,23)(H,33,34)(H,35,36)(H3,22,25,26,32)/t8-,10?,11?,12+,13+,19+/m0/s1. The predicted octanol–water partition coefficient (Wildman–Crippen LogP) is -1.31. The highest BCUT2D eigenvalue weighted by atomic mass is 31.2. The van der Waals surface area contributed by atoms with Gasteiger partial charge in [-0.3, -0.25) is 38.4 Å². The van der Waals surface area contributed by atoms with Gasteiger partial charge in [0.05, 0.1) is 37.4 Å². The van der Waals surface area contributed by atoms with Crippen LogP contribution in [0.5, 0.6) is 0 Å². The van der Waals surface area contributed by atoms with Crippen molar-refractivity contribution in [3.05, 3.63) is 28.9 Å². The second-order valence-electron chi connectivity index (χ2n) is 9.73. The number of ether oxygens (including phenoxy) is 2. The molecule has 4 unspecified atom stereocenters. The second-order valence-corrected chi connectivity index (χ2v) is 11.9. The van der Waals surface area contributed by atoms with E-state index in [1.165, 1.54) is 17.1 Å². The van der Waals surface area contributed by atoms with Gasteiger partial charge >= 0.3 is 16.1 Å². The zero-order chi connectivity index (χ0) is 30.5. The van der Waals surface area contributed by atoms with E-state index in [-0.39, 0.29) is 35.8 Å². The number of hydrazine groups is 2. The van der Waals surface area contributed by atoms with Crippen LogP contribution in [0.25, 0.3) is 11.2 Å². The first kappa shape index (κ1) is 29.9. The molecule has 21 nitrogen and oxygen atoms in total. The molecule has 23 heteroatoms. The number of nitrogen functional groups attached to an aromatic ring is 2. The maximum absolute atomic E-state index is 13.1. The maximum atomic E-state index is 13.1. The molecule has 0 amide bonds. The number of H-pyrrole nitrogens is 1. The molecule has 234 valence electrons. The smallest absolute Gasteiger partial charge is 0.394 e. The number of anilines is 4. The van der Waals surface area contributed by atoms with Gasteiger partial charge in [0.25, 0.3) is 5.56 Å². The minimum atomic E-state index is -4.86. The van der Waals surface area contributed by atoms with Crippen molar-refractivity contribution in [3.63, 3.8) is 0 Å². The van der Waals surface area contributed by atoms with Crippen LogP contribution < -0.4 is 33.0 Å². The summed E-state index contributed by atoms with van der Waals surface area (Å²) in [6.07, 6.45) is -3.19. The molecule has 0 saturated carbocycles. The molecular formula is C20H28N10O11P2. The fourth-order valence-corrected chi connectivity index (χ4v) is 6.57. The van der Waals surface area contributed by atoms with E-state index < -0.39 is 71.7 Å². The summed E-state index contributed by atoms with van der Waals surface area (Å²) in [7, 11) is -8.28. The summed E-state index contributed by atoms with van der Waals surface area (Å²) in [5.74, 6) is 0.0366. The molecule has 0 aliphatic carbocycles. The zero-order valence-corrected chi connectivity index (χ0v) is 23.9. The topological polar surface area (TPSA) is 297 Å². The van der Waals surface area contributed by atoms with Gasteiger partial charge in [-0.05, 0) is 6.07 Å². The number of nitrogens with zero attached hydrogens (tertiary/aromatic N) is 5. The molecular weight excluding hydrogens is 618 g/mol. The minimum Gasteiger partial charge on any atom is -0.394 e. The number of hydrogen-bond acceptors (Lipinski definition) is 17. The molecule has 3 aliphatic rings. The monoisotopic (exact) mass is 646 g/mol. The van der Waals surface area contributed by atoms with Crippen LogP contribution in [0.15, 0.2) is 23.4 Å². The predicted molar refractivity (Wildman–Crippen MR) is 146 cm³/mol. The number of nitrogens with two attached hydrogens (primary N) is 2. The van der Waals surface area contributed by atoms with E-state index in [1.807, 2.05) is 0 Å². The number of aromatic amines is 1. The molecule has 3 aliphatic heterocycles. The molecule has 8 atom stereocenters. The lowest BCUT2D eigenvalue weighted by molar-refractivity contribution is -0.0540. The van der Waals surface area contributed by atoms with E-state index >= 15 is 0 Å². The van der Waals surface area contributed by atoms with Crippen LogP contribution in [0.3, 0.4) is 0 Å². The minimum absolute atomic E-state index is 0.0286. The maximum Gasteiger partial charge on any atom is 0.472 e. The number of imidazole rings is 1. The molecule has 2 fully saturated rings. The van der Waals surface area contributed by atoms with Crippen LogP contribution >= 0.6 is 16.1 Å². The average molecular weight is 646 g/mol. The third-order valence-corrected chi connectivity index (χ3v) is 8.50. The summed E-state index contributed by atoms with van der Waals surface area (Å²) >= 11 is 0. The number of pyridine rings is 1. The van der Waals surface area contributed by atoms with Crippen molar-refractivity contribution in [2.24, 2.45) is 0 Å². The van der Waals surface area contributed by atoms with Crippen molar-refractivity contribution < 1.29 is 47.1 Å². The molecule has 0 bridgehead atoms. The van der Waals surface area contributed by atoms with E-state index in [0.29, 0.717) is 11.4 Å². The zero-order valence-electron chi connectivity index (χ0n) is 22.0. The van der Waals surface area contributed by atoms with Crippen LogP contribution in [0, 0.1) is 0 Å². The van der Waals surface area contributed by atoms with Gasteiger partial charge in [-0.15, -0.1) is 5.53 Å². The van der Waals surface area contributed by atoms with E-state index in [9.17, 15) is 28.8 Å². The van der Waals surface area contributed by atoms with Gasteiger partial charge in [-0.2, -0.15) is 4.98 Å². The third-order valence-electron chi connectivity index (χ3n) is 6.98. The van der Waals surface area contributed by atoms with Crippen LogP contribution in [-0.2, 0) is 32.2 Å². The van der Waals surface area contributed by atoms with Crippen LogP contribution in [0.2, 0.25) is 0 Å². The summed E-state index contributed by atoms with van der Waals surface area (Å²) in [4.78, 5) is 46.7. The molecule has 2 saturated heterocycles. The quantitative estimate of drug-likeness (QED) is 0.119. The number of aliphatic hydroxyl groups is 1. The first-order valence-corrected chi connectivity index (χ1v) is 15.5. The fourth-order valence-electron chi connectivity index (χ4n) is 5.13. The number of rotatable bonds is 10. The largest absolute Gasteiger partial charge is 0.472 e. The normalized spacial score (nSPS) is 29.0. The molecule has 0 spiro atoms. The SMILES string of the molecule is Nc1nc2c(ncn2[C@@H]2O[C@H](CO)CC2OP(=O)(O)OC[C@H]2O[C@@H](N3NNc4c3ccnc4N)CC2O[PH](=O)O)c(=O)[nH]1. The van der Waals surface area contributed by atoms with Crippen molar-refractivity contribution >= 4 is 50.4 Å². The lowest BCUT2D eigenvalue weighted by Crippen LogP contribution is -2.44. The van der Waals surface area contributed by atoms with Crippen molar-refractivity contribution in [2.45, 2.75) is 49.7 Å². The molecule has 43 heavy (non-hydrogen) atoms. The first-order valence-electron chi connectivity index (χ1n) is 12.8. The Morgan fingerprint density at radius 1 is 1.23 bits per heavy atom. The Kier molecular flexibility index (Phi) is 8.13. The number of aliphatic hydroxyl groups excluding tert-OH is 1. The van der Waals surface area contributed by atoms with Gasteiger partial charge in [0.2, 0.25) is 5.95 Å². The molecule has 10 N–H and O–H groups in total. The van der Waals surface area contributed by atoms with Crippen LogP contribution in [0.4, 0.5) is 23.1 Å². The average Bonchev–Trinajstić information content (AvgIpc) is 3.72. The Morgan fingerprint density at radius 3 is 2.81 bits per heavy atom. The lowest BCUT2D eigenvalue weighted by atomic mass is 10.2. The van der Waals surface area contributed by atoms with E-state index in [0.717, 1.165) is 0 Å². The van der Waals surface area contributed by atoms with Crippen molar-refractivity contribution in [1.29, 1.82) is 0 Å². The van der Waals surface area contributed by atoms with Crippen molar-refractivity contribution in [2.75, 3.05) is 35.1 Å². The number of fused-ring (bicyclic) bond motifs is 2. The van der Waals surface area contributed by atoms with Gasteiger partial charge in [-0.25, -0.2) is 14.5 Å². The Balaban J connectivity index is 1.16. The van der Waals surface area contributed by atoms with Crippen molar-refractivity contribution in [3.8, 4) is 0 Å². The Hall–Kier alpha value is -3.20. The summed E-state index contributed by atoms with van der Waals surface area (Å²) < 4.78 is 53.5. The highest BCUT2D eigenvalue weighted by molar-refractivity contribution is 7.47. The Morgan fingerprint density at radius 2 is 2.05 bits per heavy atom. The number of phosphoric acid groups is 1. The van der Waals surface area contributed by atoms with Gasteiger partial charge in [-0.1, -0.05) is 0 Å². The number of aromatic nitrogens is 5. The molecule has 0 radical (unpaired) electrons. The summed E-state index contributed by atoms with van der Waals surface area (Å²) in [6.45, 7) is -1.00. The van der Waals surface area contributed by atoms with Gasteiger partial charge < -0.3 is 40.4 Å². The number of phosphoric ester groups is 1. The Bertz CT molecular complexity index is 1640. The second kappa shape index (κ2) is 11.7. The van der Waals surface area contributed by atoms with Gasteiger partial charge in [0, 0.05) is 19.0 Å². The lowest BCUT2D eigenvalue weighted by Gasteiger charge is -2.25. The highest BCUT2D eigenvalue weighted by Gasteiger charge is 2.46. The van der Waals surface area contributed by atoms with Crippen molar-refractivity contribution in [1.82, 2.24) is 30.0 Å².